The molecule has 0 radical (unpaired) electrons. The molecule has 1 unspecified atom stereocenters. The summed E-state index contributed by atoms with van der Waals surface area (Å²) in [6, 6.07) is 6.66. The van der Waals surface area contributed by atoms with Gasteiger partial charge in [0.1, 0.15) is 0 Å². The Labute approximate surface area is 95.1 Å². The molecule has 16 heavy (non-hydrogen) atoms. The lowest BCUT2D eigenvalue weighted by Crippen LogP contribution is -2.44. The van der Waals surface area contributed by atoms with E-state index in [1.165, 1.54) is 16.8 Å². The van der Waals surface area contributed by atoms with Gasteiger partial charge in [-0.2, -0.15) is 0 Å². The van der Waals surface area contributed by atoms with E-state index in [1.54, 1.807) is 0 Å². The molecule has 3 heteroatoms. The monoisotopic (exact) mass is 213 g/mol. The number of hydrogen-bond donors (Lipinski definition) is 2. The van der Waals surface area contributed by atoms with Crippen molar-refractivity contribution in [1.82, 2.24) is 10.6 Å². The van der Waals surface area contributed by atoms with Crippen LogP contribution in [0.3, 0.4) is 0 Å². The molecule has 1 atom stereocenters. The minimum atomic E-state index is 0.150. The maximum absolute atomic E-state index is 3.63. The second-order valence-electron chi connectivity index (χ2n) is 4.89. The van der Waals surface area contributed by atoms with E-state index in [0.29, 0.717) is 0 Å². The van der Waals surface area contributed by atoms with Crippen molar-refractivity contribution in [2.45, 2.75) is 5.54 Å². The molecule has 2 N–H and O–H groups in total. The third-order valence-electron chi connectivity index (χ3n) is 3.96. The van der Waals surface area contributed by atoms with Gasteiger partial charge in [-0.3, -0.25) is 5.32 Å². The maximum Gasteiger partial charge on any atom is 0.0769 e. The van der Waals surface area contributed by atoms with Gasteiger partial charge >= 0.3 is 0 Å². The average Bonchev–Trinajstić information content (AvgIpc) is 2.89. The molecule has 3 nitrogen and oxygen atoms in total. The van der Waals surface area contributed by atoms with Gasteiger partial charge in [0.25, 0.3) is 0 Å². The highest BCUT2D eigenvalue weighted by Crippen LogP contribution is 2.43. The van der Waals surface area contributed by atoms with Crippen molar-refractivity contribution in [3.8, 4) is 0 Å². The highest BCUT2D eigenvalue weighted by Gasteiger charge is 2.45. The molecule has 0 saturated carbocycles. The number of hydrogen-bond acceptors (Lipinski definition) is 3. The lowest BCUT2D eigenvalue weighted by atomic mass is 9.92. The molecule has 1 aromatic carbocycles. The van der Waals surface area contributed by atoms with Gasteiger partial charge in [0.15, 0.2) is 0 Å². The predicted molar refractivity (Wildman–Crippen MR) is 65.4 cm³/mol. The first-order chi connectivity index (χ1) is 7.89. The summed E-state index contributed by atoms with van der Waals surface area (Å²) in [5, 5.41) is 7.05. The Balaban J connectivity index is 1.96. The maximum atomic E-state index is 3.63. The lowest BCUT2D eigenvalue weighted by Gasteiger charge is -2.25. The largest absolute Gasteiger partial charge is 0.365 e. The van der Waals surface area contributed by atoms with E-state index < -0.39 is 0 Å². The number of benzene rings is 1. The van der Waals surface area contributed by atoms with Crippen LogP contribution >= 0.6 is 0 Å². The van der Waals surface area contributed by atoms with Gasteiger partial charge in [-0.15, -0.1) is 0 Å². The molecule has 0 aromatic heterocycles. The molecule has 3 aliphatic rings. The number of nitrogens with zero attached hydrogens (tertiary/aromatic N) is 1. The van der Waals surface area contributed by atoms with Crippen LogP contribution in [0.1, 0.15) is 11.1 Å². The second-order valence-corrected chi connectivity index (χ2v) is 4.89. The van der Waals surface area contributed by atoms with Crippen molar-refractivity contribution in [2.75, 3.05) is 31.2 Å². The van der Waals surface area contributed by atoms with E-state index in [2.05, 4.69) is 45.9 Å². The van der Waals surface area contributed by atoms with Crippen LogP contribution in [-0.2, 0) is 5.54 Å². The smallest absolute Gasteiger partial charge is 0.0769 e. The van der Waals surface area contributed by atoms with Gasteiger partial charge in [-0.25, -0.2) is 0 Å². The quantitative estimate of drug-likeness (QED) is 0.670. The minimum absolute atomic E-state index is 0.150. The summed E-state index contributed by atoms with van der Waals surface area (Å²) in [6.45, 7) is 4.11. The van der Waals surface area contributed by atoms with E-state index >= 15 is 0 Å². The first-order valence-corrected chi connectivity index (χ1v) is 5.90. The summed E-state index contributed by atoms with van der Waals surface area (Å²) in [7, 11) is 0. The van der Waals surface area contributed by atoms with Gasteiger partial charge in [-0.1, -0.05) is 30.4 Å². The summed E-state index contributed by atoms with van der Waals surface area (Å²) in [5.41, 5.74) is 4.44. The fraction of sp³-hybridized carbons (Fsp3) is 0.385. The van der Waals surface area contributed by atoms with Gasteiger partial charge in [0.2, 0.25) is 0 Å². The summed E-state index contributed by atoms with van der Waals surface area (Å²) in [5.74, 6) is 0. The molecular formula is C13H15N3. The molecule has 82 valence electrons. The second kappa shape index (κ2) is 2.87. The summed E-state index contributed by atoms with van der Waals surface area (Å²) >= 11 is 0. The number of fused-ring (bicyclic) bond motifs is 1. The topological polar surface area (TPSA) is 27.3 Å². The number of anilines is 1. The van der Waals surface area contributed by atoms with Crippen LogP contribution in [0.4, 0.5) is 5.69 Å². The summed E-state index contributed by atoms with van der Waals surface area (Å²) in [4.78, 5) is 2.49. The van der Waals surface area contributed by atoms with Crippen LogP contribution in [0.25, 0.3) is 6.08 Å². The highest BCUT2D eigenvalue weighted by atomic mass is 15.3. The molecule has 3 heterocycles. The zero-order valence-corrected chi connectivity index (χ0v) is 9.16. The van der Waals surface area contributed by atoms with Crippen molar-refractivity contribution >= 4 is 11.8 Å². The molecule has 0 amide bonds. The average molecular weight is 213 g/mol. The van der Waals surface area contributed by atoms with Gasteiger partial charge in [0, 0.05) is 32.0 Å². The van der Waals surface area contributed by atoms with Gasteiger partial charge in [-0.05, 0) is 11.1 Å². The Morgan fingerprint density at radius 3 is 3.19 bits per heavy atom. The minimum Gasteiger partial charge on any atom is -0.365 e. The first-order valence-electron chi connectivity index (χ1n) is 5.90. The SMILES string of the molecule is C1=Cc2cccc3c2N(C1)CC31CNCN1. The third kappa shape index (κ3) is 0.950. The van der Waals surface area contributed by atoms with Crippen LogP contribution in [0, 0.1) is 0 Å². The van der Waals surface area contributed by atoms with E-state index in [9.17, 15) is 0 Å². The number of nitrogens with one attached hydrogen (secondary N) is 2. The van der Waals surface area contributed by atoms with Gasteiger partial charge in [0.05, 0.1) is 5.54 Å². The van der Waals surface area contributed by atoms with Crippen molar-refractivity contribution < 1.29 is 0 Å². The molecule has 4 rings (SSSR count). The van der Waals surface area contributed by atoms with Crippen molar-refractivity contribution in [2.24, 2.45) is 0 Å². The van der Waals surface area contributed by atoms with Crippen LogP contribution in [-0.4, -0.2) is 26.3 Å². The molecule has 1 fully saturated rings. The predicted octanol–water partition coefficient (Wildman–Crippen LogP) is 0.879. The van der Waals surface area contributed by atoms with Gasteiger partial charge < -0.3 is 10.2 Å². The Hall–Kier alpha value is -1.32. The van der Waals surface area contributed by atoms with Crippen LogP contribution in [0.2, 0.25) is 0 Å². The highest BCUT2D eigenvalue weighted by molar-refractivity contribution is 5.78. The molecule has 1 saturated heterocycles. The summed E-state index contributed by atoms with van der Waals surface area (Å²) < 4.78 is 0. The molecule has 0 bridgehead atoms. The fourth-order valence-corrected chi connectivity index (χ4v) is 3.26. The zero-order valence-electron chi connectivity index (χ0n) is 9.16. The molecular weight excluding hydrogens is 198 g/mol. The lowest BCUT2D eigenvalue weighted by molar-refractivity contribution is 0.443. The van der Waals surface area contributed by atoms with Crippen LogP contribution in [0.5, 0.6) is 0 Å². The molecule has 1 spiro atoms. The Kier molecular flexibility index (Phi) is 1.58. The molecule has 1 aromatic rings. The van der Waals surface area contributed by atoms with Crippen molar-refractivity contribution in [1.29, 1.82) is 0 Å². The Morgan fingerprint density at radius 1 is 1.31 bits per heavy atom. The standard InChI is InChI=1S/C13H15N3/c1-3-10-4-2-6-16-8-13(7-14-9-15-13)11(5-1)12(10)16/h1-5,14-15H,6-9H2. The Bertz CT molecular complexity index is 472. The van der Waals surface area contributed by atoms with E-state index in [0.717, 1.165) is 26.3 Å². The summed E-state index contributed by atoms with van der Waals surface area (Å²) in [6.07, 6.45) is 4.50. The normalized spacial score (nSPS) is 30.1. The van der Waals surface area contributed by atoms with Crippen LogP contribution < -0.4 is 15.5 Å². The third-order valence-corrected chi connectivity index (χ3v) is 3.96. The van der Waals surface area contributed by atoms with Crippen molar-refractivity contribution in [3.05, 3.63) is 35.4 Å². The van der Waals surface area contributed by atoms with E-state index in [-0.39, 0.29) is 5.54 Å². The van der Waals surface area contributed by atoms with E-state index in [4.69, 9.17) is 0 Å². The van der Waals surface area contributed by atoms with Crippen LogP contribution in [0.15, 0.2) is 24.3 Å². The molecule has 3 aliphatic heterocycles. The fourth-order valence-electron chi connectivity index (χ4n) is 3.26. The van der Waals surface area contributed by atoms with E-state index in [1.807, 2.05) is 0 Å². The molecule has 0 aliphatic carbocycles. The number of rotatable bonds is 0. The Morgan fingerprint density at radius 2 is 2.31 bits per heavy atom. The zero-order chi connectivity index (χ0) is 10.6. The first kappa shape index (κ1) is 8.79. The number of para-hydroxylation sites is 1. The van der Waals surface area contributed by atoms with Crippen molar-refractivity contribution in [3.63, 3.8) is 0 Å².